The molecule has 0 saturated heterocycles. The zero-order valence-electron chi connectivity index (χ0n) is 9.97. The van der Waals surface area contributed by atoms with Crippen LogP contribution in [-0.4, -0.2) is 19.9 Å². The maximum absolute atomic E-state index is 10.8. The minimum Gasteiger partial charge on any atom is -0.379 e. The summed E-state index contributed by atoms with van der Waals surface area (Å²) >= 11 is 23.3. The lowest BCUT2D eigenvalue weighted by atomic mass is 9.94. The number of hydrogen-bond donors (Lipinski definition) is 1. The fourth-order valence-electron chi connectivity index (χ4n) is 1.77. The minimum absolute atomic E-state index is 0.0621. The number of benzene rings is 1. The van der Waals surface area contributed by atoms with Crippen LogP contribution in [-0.2, 0) is 12.1 Å². The van der Waals surface area contributed by atoms with Crippen LogP contribution in [0.2, 0.25) is 10.0 Å². The Labute approximate surface area is 135 Å². The van der Waals surface area contributed by atoms with Gasteiger partial charge in [-0.25, -0.2) is 9.67 Å². The largest absolute Gasteiger partial charge is 0.379 e. The normalized spacial score (nSPS) is 13.8. The first-order chi connectivity index (χ1) is 9.39. The van der Waals surface area contributed by atoms with Crippen LogP contribution >= 0.6 is 46.4 Å². The number of halogens is 4. The van der Waals surface area contributed by atoms with Crippen molar-refractivity contribution in [3.05, 3.63) is 57.0 Å². The van der Waals surface area contributed by atoms with E-state index >= 15 is 0 Å². The van der Waals surface area contributed by atoms with Gasteiger partial charge in [-0.2, -0.15) is 5.10 Å². The van der Waals surface area contributed by atoms with Crippen LogP contribution in [0.5, 0.6) is 0 Å². The van der Waals surface area contributed by atoms with E-state index in [0.717, 1.165) is 0 Å². The number of aliphatic hydroxyl groups is 1. The van der Waals surface area contributed by atoms with Gasteiger partial charge in [0.05, 0.1) is 6.54 Å². The first-order valence-electron chi connectivity index (χ1n) is 5.44. The van der Waals surface area contributed by atoms with Crippen molar-refractivity contribution in [1.29, 1.82) is 0 Å². The molecule has 106 valence electrons. The highest BCUT2D eigenvalue weighted by atomic mass is 35.5. The zero-order valence-corrected chi connectivity index (χ0v) is 13.0. The summed E-state index contributed by atoms with van der Waals surface area (Å²) in [5, 5.41) is 15.6. The van der Waals surface area contributed by atoms with E-state index in [2.05, 4.69) is 10.1 Å². The van der Waals surface area contributed by atoms with Gasteiger partial charge in [0.2, 0.25) is 0 Å². The van der Waals surface area contributed by atoms with Gasteiger partial charge in [0.15, 0.2) is 0 Å². The van der Waals surface area contributed by atoms with Crippen LogP contribution < -0.4 is 0 Å². The molecule has 20 heavy (non-hydrogen) atoms. The number of nitrogens with zero attached hydrogens (tertiary/aromatic N) is 3. The molecule has 8 heteroatoms. The van der Waals surface area contributed by atoms with Gasteiger partial charge < -0.3 is 5.11 Å². The molecule has 0 spiro atoms. The van der Waals surface area contributed by atoms with Crippen LogP contribution in [0.25, 0.3) is 0 Å². The molecular formula is C12H9Cl4N3O. The average Bonchev–Trinajstić information content (AvgIpc) is 2.79. The average molecular weight is 353 g/mol. The van der Waals surface area contributed by atoms with E-state index in [-0.39, 0.29) is 11.0 Å². The highest BCUT2D eigenvalue weighted by Crippen LogP contribution is 2.32. The Hall–Kier alpha value is -0.780. The first-order valence-corrected chi connectivity index (χ1v) is 6.95. The predicted molar refractivity (Wildman–Crippen MR) is 80.2 cm³/mol. The third-order valence-electron chi connectivity index (χ3n) is 2.58. The smallest absolute Gasteiger partial charge is 0.137 e. The molecule has 1 aromatic heterocycles. The summed E-state index contributed by atoms with van der Waals surface area (Å²) in [6.07, 6.45) is 4.12. The van der Waals surface area contributed by atoms with Crippen LogP contribution in [0.4, 0.5) is 0 Å². The number of aromatic nitrogens is 3. The van der Waals surface area contributed by atoms with Crippen molar-refractivity contribution < 1.29 is 5.11 Å². The van der Waals surface area contributed by atoms with E-state index in [0.29, 0.717) is 15.6 Å². The van der Waals surface area contributed by atoms with Crippen molar-refractivity contribution in [3.8, 4) is 0 Å². The molecule has 0 fully saturated rings. The summed E-state index contributed by atoms with van der Waals surface area (Å²) < 4.78 is 1.37. The lowest BCUT2D eigenvalue weighted by Crippen LogP contribution is -2.29. The predicted octanol–water partition coefficient (Wildman–Crippen LogP) is 3.79. The van der Waals surface area contributed by atoms with E-state index in [1.165, 1.54) is 23.4 Å². The molecule has 1 heterocycles. The molecule has 2 rings (SSSR count). The maximum atomic E-state index is 10.8. The van der Waals surface area contributed by atoms with Crippen molar-refractivity contribution in [2.24, 2.45) is 0 Å². The number of hydrogen-bond acceptors (Lipinski definition) is 3. The fraction of sp³-hybridized carbons (Fsp3) is 0.167. The van der Waals surface area contributed by atoms with Crippen molar-refractivity contribution in [2.45, 2.75) is 12.1 Å². The van der Waals surface area contributed by atoms with Gasteiger partial charge in [-0.05, 0) is 29.8 Å². The van der Waals surface area contributed by atoms with Crippen LogP contribution in [0.1, 0.15) is 5.56 Å². The molecule has 1 atom stereocenters. The molecule has 0 saturated carbocycles. The minimum atomic E-state index is -1.51. The molecule has 0 aliphatic heterocycles. The Morgan fingerprint density at radius 1 is 1.25 bits per heavy atom. The SMILES string of the molecule is OC(C=C(Cl)Cl)(Cn1cncn1)c1cc(Cl)cc(Cl)c1. The standard InChI is InChI=1S/C12H9Cl4N3O/c13-9-1-8(2-10(14)3-9)12(20,4-11(15)16)5-19-7-17-6-18-19/h1-4,6-7,20H,5H2. The van der Waals surface area contributed by atoms with Gasteiger partial charge in [0.25, 0.3) is 0 Å². The Balaban J connectivity index is 2.48. The summed E-state index contributed by atoms with van der Waals surface area (Å²) in [7, 11) is 0. The molecule has 1 unspecified atom stereocenters. The molecule has 0 aliphatic rings. The van der Waals surface area contributed by atoms with Crippen molar-refractivity contribution in [2.75, 3.05) is 0 Å². The van der Waals surface area contributed by atoms with Gasteiger partial charge >= 0.3 is 0 Å². The van der Waals surface area contributed by atoms with Gasteiger partial charge in [-0.3, -0.25) is 0 Å². The number of rotatable bonds is 4. The van der Waals surface area contributed by atoms with Crippen molar-refractivity contribution in [3.63, 3.8) is 0 Å². The Morgan fingerprint density at radius 2 is 1.90 bits per heavy atom. The van der Waals surface area contributed by atoms with Gasteiger partial charge in [-0.15, -0.1) is 0 Å². The van der Waals surface area contributed by atoms with E-state index < -0.39 is 5.60 Å². The molecule has 0 radical (unpaired) electrons. The summed E-state index contributed by atoms with van der Waals surface area (Å²) in [6, 6.07) is 4.73. The molecule has 1 aromatic carbocycles. The van der Waals surface area contributed by atoms with Crippen LogP contribution in [0.15, 0.2) is 41.4 Å². The molecule has 0 amide bonds. The quantitative estimate of drug-likeness (QED) is 0.910. The molecule has 0 bridgehead atoms. The topological polar surface area (TPSA) is 50.9 Å². The van der Waals surface area contributed by atoms with E-state index in [1.807, 2.05) is 0 Å². The summed E-state index contributed by atoms with van der Waals surface area (Å²) in [5.41, 5.74) is -1.06. The lowest BCUT2D eigenvalue weighted by Gasteiger charge is -2.25. The molecular weight excluding hydrogens is 344 g/mol. The van der Waals surface area contributed by atoms with Gasteiger partial charge in [0.1, 0.15) is 22.7 Å². The van der Waals surface area contributed by atoms with Gasteiger partial charge in [-0.1, -0.05) is 46.4 Å². The highest BCUT2D eigenvalue weighted by molar-refractivity contribution is 6.55. The third-order valence-corrected chi connectivity index (χ3v) is 3.23. The molecule has 4 nitrogen and oxygen atoms in total. The lowest BCUT2D eigenvalue weighted by molar-refractivity contribution is 0.0655. The van der Waals surface area contributed by atoms with Crippen LogP contribution in [0, 0.1) is 0 Å². The third kappa shape index (κ3) is 3.87. The molecule has 2 aromatic rings. The first kappa shape index (κ1) is 15.6. The van der Waals surface area contributed by atoms with E-state index in [1.54, 1.807) is 18.2 Å². The highest BCUT2D eigenvalue weighted by Gasteiger charge is 2.29. The maximum Gasteiger partial charge on any atom is 0.137 e. The summed E-state index contributed by atoms with van der Waals surface area (Å²) in [6.45, 7) is 0.0621. The van der Waals surface area contributed by atoms with Gasteiger partial charge in [0, 0.05) is 10.0 Å². The Morgan fingerprint density at radius 3 is 2.40 bits per heavy atom. The Kier molecular flexibility index (Phi) is 4.94. The second-order valence-electron chi connectivity index (χ2n) is 4.11. The van der Waals surface area contributed by atoms with E-state index in [4.69, 9.17) is 46.4 Å². The second kappa shape index (κ2) is 6.33. The Bertz CT molecular complexity index is 605. The summed E-state index contributed by atoms with van der Waals surface area (Å²) in [5.74, 6) is 0. The van der Waals surface area contributed by atoms with Crippen molar-refractivity contribution in [1.82, 2.24) is 14.8 Å². The van der Waals surface area contributed by atoms with Crippen LogP contribution in [0.3, 0.4) is 0 Å². The fourth-order valence-corrected chi connectivity index (χ4v) is 2.65. The molecule has 0 aliphatic carbocycles. The van der Waals surface area contributed by atoms with E-state index in [9.17, 15) is 5.11 Å². The molecule has 1 N–H and O–H groups in total. The van der Waals surface area contributed by atoms with Crippen molar-refractivity contribution >= 4 is 46.4 Å². The zero-order chi connectivity index (χ0) is 14.8. The monoisotopic (exact) mass is 351 g/mol. The summed E-state index contributed by atoms with van der Waals surface area (Å²) in [4.78, 5) is 3.82. The second-order valence-corrected chi connectivity index (χ2v) is 5.99.